The van der Waals surface area contributed by atoms with Gasteiger partial charge in [0.2, 0.25) is 0 Å². The van der Waals surface area contributed by atoms with Crippen LogP contribution in [-0.2, 0) is 0 Å². The molecule has 3 rings (SSSR count). The molecule has 18 heavy (non-hydrogen) atoms. The Morgan fingerprint density at radius 3 is 2.83 bits per heavy atom. The molecule has 0 saturated heterocycles. The standard InChI is InChI=1S/C15H18N2O/c1-2-15(7-8-15)10-16-13-9-11-5-3-4-6-12(11)14(18)17-13/h3-6,9H,2,7-8,10H2,1H3,(H2,16,17,18). The van der Waals surface area contributed by atoms with Crippen LogP contribution in [0.25, 0.3) is 10.8 Å². The van der Waals surface area contributed by atoms with Crippen LogP contribution >= 0.6 is 0 Å². The number of nitrogens with one attached hydrogen (secondary N) is 2. The largest absolute Gasteiger partial charge is 0.371 e. The molecule has 1 aromatic carbocycles. The lowest BCUT2D eigenvalue weighted by Crippen LogP contribution is -2.17. The van der Waals surface area contributed by atoms with E-state index in [4.69, 9.17) is 0 Å². The lowest BCUT2D eigenvalue weighted by Gasteiger charge is -2.14. The zero-order valence-electron chi connectivity index (χ0n) is 10.6. The van der Waals surface area contributed by atoms with Crippen LogP contribution in [0.4, 0.5) is 5.82 Å². The summed E-state index contributed by atoms with van der Waals surface area (Å²) in [6, 6.07) is 9.69. The Kier molecular flexibility index (Phi) is 2.62. The van der Waals surface area contributed by atoms with Crippen molar-refractivity contribution in [2.75, 3.05) is 11.9 Å². The number of aromatic nitrogens is 1. The summed E-state index contributed by atoms with van der Waals surface area (Å²) in [5.74, 6) is 0.832. The van der Waals surface area contributed by atoms with Crippen molar-refractivity contribution in [3.63, 3.8) is 0 Å². The minimum Gasteiger partial charge on any atom is -0.371 e. The third kappa shape index (κ3) is 2.01. The Balaban J connectivity index is 1.87. The number of fused-ring (bicyclic) bond motifs is 1. The summed E-state index contributed by atoms with van der Waals surface area (Å²) in [4.78, 5) is 14.8. The molecule has 0 atom stereocenters. The number of benzene rings is 1. The number of hydrogen-bond acceptors (Lipinski definition) is 2. The van der Waals surface area contributed by atoms with Crippen LogP contribution in [0.2, 0.25) is 0 Å². The van der Waals surface area contributed by atoms with Gasteiger partial charge in [-0.1, -0.05) is 25.1 Å². The maximum absolute atomic E-state index is 11.9. The molecular formula is C15H18N2O. The third-order valence-electron chi connectivity index (χ3n) is 4.11. The average molecular weight is 242 g/mol. The summed E-state index contributed by atoms with van der Waals surface area (Å²) in [6.45, 7) is 3.19. The molecule has 0 aliphatic heterocycles. The van der Waals surface area contributed by atoms with Crippen molar-refractivity contribution in [3.8, 4) is 0 Å². The minimum absolute atomic E-state index is 0.0167. The number of aromatic amines is 1. The molecular weight excluding hydrogens is 224 g/mol. The maximum atomic E-state index is 11.9. The van der Waals surface area contributed by atoms with Crippen LogP contribution in [0.3, 0.4) is 0 Å². The first kappa shape index (κ1) is 11.3. The summed E-state index contributed by atoms with van der Waals surface area (Å²) < 4.78 is 0. The van der Waals surface area contributed by atoms with Gasteiger partial charge in [0.15, 0.2) is 0 Å². The van der Waals surface area contributed by atoms with E-state index in [-0.39, 0.29) is 5.56 Å². The Morgan fingerprint density at radius 1 is 1.33 bits per heavy atom. The molecule has 0 radical (unpaired) electrons. The molecule has 0 spiro atoms. The minimum atomic E-state index is -0.0167. The van der Waals surface area contributed by atoms with Gasteiger partial charge < -0.3 is 10.3 Å². The van der Waals surface area contributed by atoms with Crippen molar-refractivity contribution >= 4 is 16.6 Å². The van der Waals surface area contributed by atoms with E-state index in [1.54, 1.807) is 0 Å². The van der Waals surface area contributed by atoms with Crippen molar-refractivity contribution in [2.24, 2.45) is 5.41 Å². The van der Waals surface area contributed by atoms with E-state index in [9.17, 15) is 4.79 Å². The van der Waals surface area contributed by atoms with Crippen molar-refractivity contribution in [1.82, 2.24) is 4.98 Å². The topological polar surface area (TPSA) is 44.9 Å². The molecule has 1 fully saturated rings. The van der Waals surface area contributed by atoms with Crippen molar-refractivity contribution in [1.29, 1.82) is 0 Å². The Morgan fingerprint density at radius 2 is 2.11 bits per heavy atom. The molecule has 1 aliphatic carbocycles. The predicted octanol–water partition coefficient (Wildman–Crippen LogP) is 3.13. The lowest BCUT2D eigenvalue weighted by atomic mass is 10.0. The molecule has 0 unspecified atom stereocenters. The molecule has 0 bridgehead atoms. The monoisotopic (exact) mass is 242 g/mol. The normalized spacial score (nSPS) is 16.7. The van der Waals surface area contributed by atoms with E-state index in [1.807, 2.05) is 30.3 Å². The predicted molar refractivity (Wildman–Crippen MR) is 75.0 cm³/mol. The Labute approximate surface area is 106 Å². The van der Waals surface area contributed by atoms with Gasteiger partial charge in [-0.05, 0) is 42.2 Å². The molecule has 3 nitrogen and oxygen atoms in total. The van der Waals surface area contributed by atoms with E-state index in [1.165, 1.54) is 19.3 Å². The highest BCUT2D eigenvalue weighted by molar-refractivity contribution is 5.83. The van der Waals surface area contributed by atoms with Crippen LogP contribution in [0.1, 0.15) is 26.2 Å². The van der Waals surface area contributed by atoms with Gasteiger partial charge in [0.1, 0.15) is 5.82 Å². The van der Waals surface area contributed by atoms with Gasteiger partial charge in [-0.25, -0.2) is 0 Å². The maximum Gasteiger partial charge on any atom is 0.257 e. The Hall–Kier alpha value is -1.77. The van der Waals surface area contributed by atoms with Gasteiger partial charge in [0, 0.05) is 11.9 Å². The second-order valence-electron chi connectivity index (χ2n) is 5.31. The first-order chi connectivity index (χ1) is 8.72. The van der Waals surface area contributed by atoms with Gasteiger partial charge in [0.05, 0.1) is 0 Å². The Bertz CT molecular complexity index is 626. The second-order valence-corrected chi connectivity index (χ2v) is 5.31. The van der Waals surface area contributed by atoms with Gasteiger partial charge in [-0.15, -0.1) is 0 Å². The van der Waals surface area contributed by atoms with E-state index < -0.39 is 0 Å². The number of hydrogen-bond donors (Lipinski definition) is 2. The van der Waals surface area contributed by atoms with E-state index in [0.29, 0.717) is 5.41 Å². The first-order valence-electron chi connectivity index (χ1n) is 6.58. The smallest absolute Gasteiger partial charge is 0.257 e. The van der Waals surface area contributed by atoms with Crippen molar-refractivity contribution in [2.45, 2.75) is 26.2 Å². The van der Waals surface area contributed by atoms with Crippen LogP contribution in [0, 0.1) is 5.41 Å². The van der Waals surface area contributed by atoms with E-state index in [2.05, 4.69) is 17.2 Å². The molecule has 2 aromatic rings. The van der Waals surface area contributed by atoms with Crippen LogP contribution in [0.5, 0.6) is 0 Å². The quantitative estimate of drug-likeness (QED) is 0.865. The molecule has 3 heteroatoms. The van der Waals surface area contributed by atoms with Gasteiger partial charge in [-0.2, -0.15) is 0 Å². The highest BCUT2D eigenvalue weighted by Gasteiger charge is 2.40. The zero-order valence-corrected chi connectivity index (χ0v) is 10.6. The second kappa shape index (κ2) is 4.16. The average Bonchev–Trinajstić information content (AvgIpc) is 3.17. The summed E-state index contributed by atoms with van der Waals surface area (Å²) >= 11 is 0. The first-order valence-corrected chi connectivity index (χ1v) is 6.58. The molecule has 94 valence electrons. The molecule has 1 saturated carbocycles. The van der Waals surface area contributed by atoms with Gasteiger partial charge >= 0.3 is 0 Å². The molecule has 0 amide bonds. The number of anilines is 1. The number of rotatable bonds is 4. The summed E-state index contributed by atoms with van der Waals surface area (Å²) in [7, 11) is 0. The van der Waals surface area contributed by atoms with E-state index >= 15 is 0 Å². The zero-order chi connectivity index (χ0) is 12.6. The number of pyridine rings is 1. The van der Waals surface area contributed by atoms with Gasteiger partial charge in [0.25, 0.3) is 5.56 Å². The molecule has 1 aliphatic rings. The summed E-state index contributed by atoms with van der Waals surface area (Å²) in [5, 5.41) is 5.12. The fraction of sp³-hybridized carbons (Fsp3) is 0.400. The summed E-state index contributed by atoms with van der Waals surface area (Å²) in [5.41, 5.74) is 0.458. The molecule has 2 N–H and O–H groups in total. The van der Waals surface area contributed by atoms with E-state index in [0.717, 1.165) is 23.1 Å². The lowest BCUT2D eigenvalue weighted by molar-refractivity contribution is 0.521. The van der Waals surface area contributed by atoms with Crippen LogP contribution in [0.15, 0.2) is 35.1 Å². The number of H-pyrrole nitrogens is 1. The SMILES string of the molecule is CCC1(CNc2cc3ccccc3c(=O)[nH]2)CC1. The fourth-order valence-electron chi connectivity index (χ4n) is 2.42. The van der Waals surface area contributed by atoms with Crippen molar-refractivity contribution in [3.05, 3.63) is 40.7 Å². The molecule has 1 heterocycles. The highest BCUT2D eigenvalue weighted by Crippen LogP contribution is 2.48. The van der Waals surface area contributed by atoms with Crippen LogP contribution in [-0.4, -0.2) is 11.5 Å². The highest BCUT2D eigenvalue weighted by atomic mass is 16.1. The summed E-state index contributed by atoms with van der Waals surface area (Å²) in [6.07, 6.45) is 3.81. The van der Waals surface area contributed by atoms with Crippen molar-refractivity contribution < 1.29 is 0 Å². The van der Waals surface area contributed by atoms with Gasteiger partial charge in [-0.3, -0.25) is 4.79 Å². The fourth-order valence-corrected chi connectivity index (χ4v) is 2.42. The van der Waals surface area contributed by atoms with Crippen LogP contribution < -0.4 is 10.9 Å². The third-order valence-corrected chi connectivity index (χ3v) is 4.11. The molecule has 1 aromatic heterocycles.